The fraction of sp³-hybridized carbons (Fsp3) is 0.478. The van der Waals surface area contributed by atoms with Crippen LogP contribution >= 0.6 is 11.3 Å². The molecule has 1 fully saturated rings. The van der Waals surface area contributed by atoms with Crippen molar-refractivity contribution in [3.8, 4) is 5.75 Å². The standard InChI is InChI=1S/C23H27F3N6O3S/c1-2-28-21-29-16(11-36-21)19-14-8-17(33)15(24)7-12(14)3-5-31(19)10-13-9-23(25,26)20(35-13)32-6-4-18(27)30-22(32)34/h4,6-8,11,13,19-20,22,33-34H,2-3,5,9-10H2,1H3,(H2,27,30)(H,28,29)/t13?,19?,20-,22?/m1/s1. The minimum atomic E-state index is -3.25. The number of hydrogen-bond donors (Lipinski definition) is 4. The van der Waals surface area contributed by atoms with Gasteiger partial charge in [-0.05, 0) is 42.7 Å². The van der Waals surface area contributed by atoms with Crippen molar-refractivity contribution in [1.29, 1.82) is 0 Å². The highest BCUT2D eigenvalue weighted by molar-refractivity contribution is 7.13. The third kappa shape index (κ3) is 4.63. The average Bonchev–Trinajstić information content (AvgIpc) is 3.38. The van der Waals surface area contributed by atoms with Crippen molar-refractivity contribution in [3.05, 3.63) is 52.4 Å². The molecule has 0 aliphatic carbocycles. The number of nitrogens with zero attached hydrogens (tertiary/aromatic N) is 4. The number of aliphatic hydroxyl groups is 1. The summed E-state index contributed by atoms with van der Waals surface area (Å²) in [6.45, 7) is 3.23. The molecular formula is C23H27F3N6O3S. The summed E-state index contributed by atoms with van der Waals surface area (Å²) in [6.07, 6.45) is -1.65. The molecule has 3 aliphatic heterocycles. The van der Waals surface area contributed by atoms with Gasteiger partial charge in [-0.25, -0.2) is 23.1 Å². The Morgan fingerprint density at radius 3 is 2.92 bits per heavy atom. The average molecular weight is 525 g/mol. The Kier molecular flexibility index (Phi) is 6.57. The molecule has 9 nitrogen and oxygen atoms in total. The van der Waals surface area contributed by atoms with Gasteiger partial charge in [0, 0.05) is 37.6 Å². The van der Waals surface area contributed by atoms with Gasteiger partial charge < -0.3 is 30.9 Å². The van der Waals surface area contributed by atoms with Crippen molar-refractivity contribution in [2.75, 3.05) is 25.0 Å². The molecule has 3 aliphatic rings. The molecule has 0 spiro atoms. The number of hydrogen-bond acceptors (Lipinski definition) is 10. The number of aliphatic imine (C=N–C) groups is 1. The lowest BCUT2D eigenvalue weighted by Gasteiger charge is -2.38. The summed E-state index contributed by atoms with van der Waals surface area (Å²) in [5.41, 5.74) is 7.62. The van der Waals surface area contributed by atoms with E-state index in [2.05, 4.69) is 15.3 Å². The van der Waals surface area contributed by atoms with Crippen molar-refractivity contribution in [2.45, 2.75) is 50.4 Å². The topological polar surface area (TPSA) is 119 Å². The van der Waals surface area contributed by atoms with Crippen LogP contribution in [-0.2, 0) is 11.2 Å². The van der Waals surface area contributed by atoms with Gasteiger partial charge in [0.2, 0.25) is 6.35 Å². The summed E-state index contributed by atoms with van der Waals surface area (Å²) in [6, 6.07) is 2.22. The maximum Gasteiger partial charge on any atom is 0.294 e. The zero-order chi connectivity index (χ0) is 25.6. The zero-order valence-corrected chi connectivity index (χ0v) is 20.3. The van der Waals surface area contributed by atoms with Crippen LogP contribution in [0.5, 0.6) is 5.75 Å². The summed E-state index contributed by atoms with van der Waals surface area (Å²) in [4.78, 5) is 11.3. The number of thiazole rings is 1. The van der Waals surface area contributed by atoms with Crippen LogP contribution in [-0.4, -0.2) is 75.1 Å². The van der Waals surface area contributed by atoms with Gasteiger partial charge in [-0.1, -0.05) is 0 Å². The molecule has 194 valence electrons. The first kappa shape index (κ1) is 24.8. The van der Waals surface area contributed by atoms with Gasteiger partial charge in [0.05, 0.1) is 17.8 Å². The maximum atomic E-state index is 15.0. The minimum absolute atomic E-state index is 0.0336. The molecule has 5 N–H and O–H groups in total. The van der Waals surface area contributed by atoms with E-state index in [9.17, 15) is 14.6 Å². The Hall–Kier alpha value is -2.87. The molecule has 0 saturated carbocycles. The summed E-state index contributed by atoms with van der Waals surface area (Å²) in [5, 5.41) is 26.0. The summed E-state index contributed by atoms with van der Waals surface area (Å²) in [7, 11) is 0. The Morgan fingerprint density at radius 1 is 1.36 bits per heavy atom. The van der Waals surface area contributed by atoms with Crippen molar-refractivity contribution in [3.63, 3.8) is 0 Å². The zero-order valence-electron chi connectivity index (χ0n) is 19.4. The molecule has 4 heterocycles. The molecule has 1 aromatic carbocycles. The number of aromatic hydroxyl groups is 1. The van der Waals surface area contributed by atoms with E-state index in [0.717, 1.165) is 10.5 Å². The SMILES string of the molecule is CCNc1nc(C2c3cc(O)c(F)cc3CCN2CC2CC(F)(F)[C@H](N3C=CC(N)=NC3O)O2)cs1. The molecule has 0 amide bonds. The molecule has 13 heteroatoms. The van der Waals surface area contributed by atoms with Crippen LogP contribution in [0.3, 0.4) is 0 Å². The van der Waals surface area contributed by atoms with E-state index in [1.54, 1.807) is 0 Å². The van der Waals surface area contributed by atoms with Crippen LogP contribution in [0.4, 0.5) is 18.3 Å². The first-order valence-corrected chi connectivity index (χ1v) is 12.5. The predicted molar refractivity (Wildman–Crippen MR) is 128 cm³/mol. The highest BCUT2D eigenvalue weighted by Gasteiger charge is 2.54. The fourth-order valence-corrected chi connectivity index (χ4v) is 5.74. The lowest BCUT2D eigenvalue weighted by atomic mass is 9.90. The number of alkyl halides is 2. The van der Waals surface area contributed by atoms with E-state index >= 15 is 8.78 Å². The van der Waals surface area contributed by atoms with E-state index in [1.165, 1.54) is 35.7 Å². The van der Waals surface area contributed by atoms with E-state index < -0.39 is 48.6 Å². The smallest absolute Gasteiger partial charge is 0.294 e. The van der Waals surface area contributed by atoms with Crippen molar-refractivity contribution in [1.82, 2.24) is 14.8 Å². The van der Waals surface area contributed by atoms with E-state index in [0.29, 0.717) is 35.9 Å². The molecule has 36 heavy (non-hydrogen) atoms. The lowest BCUT2D eigenvalue weighted by Crippen LogP contribution is -2.49. The van der Waals surface area contributed by atoms with E-state index in [4.69, 9.17) is 10.5 Å². The number of benzene rings is 1. The number of phenols is 1. The molecule has 5 rings (SSSR count). The highest BCUT2D eigenvalue weighted by atomic mass is 32.1. The normalized spacial score (nSPS) is 27.7. The van der Waals surface area contributed by atoms with Gasteiger partial charge in [-0.15, -0.1) is 11.3 Å². The van der Waals surface area contributed by atoms with Gasteiger partial charge in [0.25, 0.3) is 5.92 Å². The third-order valence-corrected chi connectivity index (χ3v) is 7.33. The third-order valence-electron chi connectivity index (χ3n) is 6.51. The van der Waals surface area contributed by atoms with Gasteiger partial charge in [-0.2, -0.15) is 0 Å². The van der Waals surface area contributed by atoms with Crippen LogP contribution < -0.4 is 11.1 Å². The quantitative estimate of drug-likeness (QED) is 0.455. The van der Waals surface area contributed by atoms with E-state index in [1.807, 2.05) is 17.2 Å². The molecular weight excluding hydrogens is 497 g/mol. The van der Waals surface area contributed by atoms with E-state index in [-0.39, 0.29) is 12.4 Å². The number of aliphatic hydroxyl groups excluding tert-OH is 1. The summed E-state index contributed by atoms with van der Waals surface area (Å²) in [5.74, 6) is -4.39. The van der Waals surface area contributed by atoms with Gasteiger partial charge in [0.15, 0.2) is 22.9 Å². The molecule has 3 unspecified atom stereocenters. The van der Waals surface area contributed by atoms with Crippen molar-refractivity contribution < 1.29 is 28.1 Å². The first-order chi connectivity index (χ1) is 17.2. The molecule has 0 radical (unpaired) electrons. The summed E-state index contributed by atoms with van der Waals surface area (Å²) >= 11 is 1.41. The van der Waals surface area contributed by atoms with Gasteiger partial charge in [0.1, 0.15) is 5.84 Å². The van der Waals surface area contributed by atoms with Crippen LogP contribution in [0.25, 0.3) is 0 Å². The molecule has 0 bridgehead atoms. The Bertz CT molecular complexity index is 1190. The Labute approximate surface area is 209 Å². The second-order valence-corrected chi connectivity index (χ2v) is 9.85. The number of halogens is 3. The number of nitrogens with two attached hydrogens (primary N) is 1. The van der Waals surface area contributed by atoms with Crippen LogP contribution in [0.15, 0.2) is 34.8 Å². The predicted octanol–water partition coefficient (Wildman–Crippen LogP) is 2.58. The van der Waals surface area contributed by atoms with Crippen LogP contribution in [0.2, 0.25) is 0 Å². The van der Waals surface area contributed by atoms with Crippen LogP contribution in [0, 0.1) is 5.82 Å². The number of rotatable bonds is 6. The van der Waals surface area contributed by atoms with Crippen molar-refractivity contribution in [2.24, 2.45) is 10.7 Å². The van der Waals surface area contributed by atoms with Crippen molar-refractivity contribution >= 4 is 22.3 Å². The monoisotopic (exact) mass is 524 g/mol. The molecule has 4 atom stereocenters. The summed E-state index contributed by atoms with van der Waals surface area (Å²) < 4.78 is 49.9. The fourth-order valence-electron chi connectivity index (χ4n) is 4.94. The van der Waals surface area contributed by atoms with Crippen LogP contribution in [0.1, 0.15) is 36.2 Å². The number of nitrogens with one attached hydrogen (secondary N) is 1. The number of phenolic OH excluding ortho intramolecular Hbond substituents is 1. The maximum absolute atomic E-state index is 15.0. The largest absolute Gasteiger partial charge is 0.505 e. The molecule has 1 saturated heterocycles. The second kappa shape index (κ2) is 9.54. The Balaban J connectivity index is 1.41. The Morgan fingerprint density at radius 2 is 2.17 bits per heavy atom. The second-order valence-electron chi connectivity index (χ2n) is 9.00. The molecule has 1 aromatic heterocycles. The highest BCUT2D eigenvalue weighted by Crippen LogP contribution is 2.43. The number of fused-ring (bicyclic) bond motifs is 1. The van der Waals surface area contributed by atoms with Gasteiger partial charge in [-0.3, -0.25) is 4.90 Å². The number of aromatic nitrogens is 1. The number of ether oxygens (including phenoxy) is 1. The first-order valence-electron chi connectivity index (χ1n) is 11.6. The van der Waals surface area contributed by atoms with Gasteiger partial charge >= 0.3 is 0 Å². The number of anilines is 1. The molecule has 2 aromatic rings. The number of amidine groups is 1. The minimum Gasteiger partial charge on any atom is -0.505 e. The lowest BCUT2D eigenvalue weighted by molar-refractivity contribution is -0.175.